The van der Waals surface area contributed by atoms with E-state index in [1.54, 1.807) is 6.04 Å². The molecule has 0 spiro atoms. The van der Waals surface area contributed by atoms with E-state index in [1.165, 1.54) is 0 Å². The van der Waals surface area contributed by atoms with Gasteiger partial charge in [0, 0.05) is 7.83 Å². The van der Waals surface area contributed by atoms with Crippen LogP contribution in [0.5, 0.6) is 0 Å². The van der Waals surface area contributed by atoms with E-state index in [-0.39, 0.29) is 0 Å². The largest absolute Gasteiger partial charge is 0.0628 e. The lowest BCUT2D eigenvalue weighted by Gasteiger charge is -2.79. The Morgan fingerprint density at radius 3 is 1.00 bits per heavy atom. The van der Waals surface area contributed by atoms with Gasteiger partial charge < -0.3 is 0 Å². The van der Waals surface area contributed by atoms with Crippen molar-refractivity contribution in [3.63, 3.8) is 0 Å². The minimum atomic E-state index is -1.70. The van der Waals surface area contributed by atoms with Crippen molar-refractivity contribution < 1.29 is 0 Å². The van der Waals surface area contributed by atoms with E-state index in [1.807, 2.05) is 0 Å². The zero-order valence-corrected chi connectivity index (χ0v) is 25.2. The van der Waals surface area contributed by atoms with Crippen molar-refractivity contribution in [2.45, 2.75) is 154 Å². The van der Waals surface area contributed by atoms with Gasteiger partial charge >= 0.3 is 0 Å². The van der Waals surface area contributed by atoms with E-state index in [0.717, 1.165) is 0 Å². The molecular weight excluding hydrogens is 373 g/mol. The molecule has 0 aromatic heterocycles. The quantitative estimate of drug-likeness (QED) is 0.367. The lowest BCUT2D eigenvalue weighted by molar-refractivity contribution is 0.517. The van der Waals surface area contributed by atoms with Gasteiger partial charge in [0.05, 0.1) is 15.2 Å². The van der Waals surface area contributed by atoms with Crippen molar-refractivity contribution >= 4 is 23.0 Å². The first-order valence-electron chi connectivity index (χ1n) is 11.2. The minimum Gasteiger partial charge on any atom is -0.0628 e. The van der Waals surface area contributed by atoms with E-state index in [2.05, 4.69) is 118 Å². The highest BCUT2D eigenvalue weighted by Crippen LogP contribution is 2.78. The van der Waals surface area contributed by atoms with Gasteiger partial charge in [0.15, 0.2) is 0 Å². The van der Waals surface area contributed by atoms with E-state index in [4.69, 9.17) is 0 Å². The molecule has 0 bridgehead atoms. The predicted octanol–water partition coefficient (Wildman–Crippen LogP) is 9.33. The van der Waals surface area contributed by atoms with Crippen LogP contribution in [0.4, 0.5) is 0 Å². The fourth-order valence-corrected chi connectivity index (χ4v) is 78.5. The van der Waals surface area contributed by atoms with Crippen LogP contribution < -0.4 is 0 Å². The summed E-state index contributed by atoms with van der Waals surface area (Å²) in [5, 5.41) is 2.77. The third-order valence-corrected chi connectivity index (χ3v) is 51.5. The minimum absolute atomic E-state index is 0.434. The lowest BCUT2D eigenvalue weighted by atomic mass is 10.2. The monoisotopic (exact) mass is 425 g/mol. The van der Waals surface area contributed by atoms with Crippen LogP contribution in [0, 0.1) is 0 Å². The molecule has 1 radical (unpaired) electrons. The average Bonchev–Trinajstić information content (AvgIpc) is 2.15. The van der Waals surface area contributed by atoms with Crippen LogP contribution in [0.1, 0.15) is 118 Å². The molecule has 161 valence electrons. The Kier molecular flexibility index (Phi) is 6.02. The molecule has 0 N–H and O–H groups in total. The smallest absolute Gasteiger partial charge is 0.0583 e. The molecule has 0 atom stereocenters. The number of hydrogen-bond donors (Lipinski definition) is 0. The number of hydrogen-bond acceptors (Lipinski definition) is 0. The highest BCUT2D eigenvalue weighted by Gasteiger charge is 2.80. The standard InChI is InChI=1S/C24H53Si3/c1-19(2,3)26(20(4,5)6,21(7,8)9)25-18-24(16,17)27(25,22(10,11)12)23(13,14)15/h18H2,1-17H3. The fourth-order valence-electron chi connectivity index (χ4n) is 10.2. The number of rotatable bonds is 1. The van der Waals surface area contributed by atoms with Gasteiger partial charge in [-0.25, -0.2) is 0 Å². The molecule has 1 aliphatic rings. The highest BCUT2D eigenvalue weighted by atomic mass is 29.6. The van der Waals surface area contributed by atoms with Crippen LogP contribution in [0.25, 0.3) is 0 Å². The first kappa shape index (κ1) is 25.7. The average molecular weight is 426 g/mol. The topological polar surface area (TPSA) is 0 Å². The van der Waals surface area contributed by atoms with Gasteiger partial charge in [-0.15, -0.1) is 0 Å². The molecule has 1 heterocycles. The Hall–Kier alpha value is 0.651. The van der Waals surface area contributed by atoms with Crippen LogP contribution in [0.3, 0.4) is 0 Å². The van der Waals surface area contributed by atoms with E-state index in [0.29, 0.717) is 30.2 Å². The summed E-state index contributed by atoms with van der Waals surface area (Å²) in [6.07, 6.45) is 0. The molecule has 0 amide bonds. The van der Waals surface area contributed by atoms with Crippen LogP contribution in [-0.2, 0) is 0 Å². The normalized spacial score (nSPS) is 22.6. The van der Waals surface area contributed by atoms with Gasteiger partial charge in [-0.05, 0) is 30.2 Å². The fraction of sp³-hybridized carbons (Fsp3) is 1.00. The molecule has 0 saturated carbocycles. The molecule has 0 aliphatic carbocycles. The highest BCUT2D eigenvalue weighted by molar-refractivity contribution is 7.67. The van der Waals surface area contributed by atoms with Crippen molar-refractivity contribution in [3.8, 4) is 0 Å². The van der Waals surface area contributed by atoms with E-state index < -0.39 is 23.0 Å². The Morgan fingerprint density at radius 1 is 0.593 bits per heavy atom. The second kappa shape index (κ2) is 6.33. The van der Waals surface area contributed by atoms with Crippen LogP contribution in [-0.4, -0.2) is 23.0 Å². The molecule has 0 aromatic rings. The van der Waals surface area contributed by atoms with Crippen LogP contribution in [0.2, 0.25) is 36.3 Å². The molecule has 1 aliphatic heterocycles. The van der Waals surface area contributed by atoms with E-state index in [9.17, 15) is 0 Å². The van der Waals surface area contributed by atoms with Gasteiger partial charge in [-0.2, -0.15) is 0 Å². The zero-order valence-electron chi connectivity index (χ0n) is 22.2. The third kappa shape index (κ3) is 3.15. The summed E-state index contributed by atoms with van der Waals surface area (Å²) in [5.41, 5.74) is 0. The summed E-state index contributed by atoms with van der Waals surface area (Å²) in [5.74, 6) is 0. The second-order valence-corrected chi connectivity index (χ2v) is 38.1. The first-order valence-corrected chi connectivity index (χ1v) is 18.9. The Balaban J connectivity index is 4.12. The summed E-state index contributed by atoms with van der Waals surface area (Å²) in [6.45, 7) is 44.7. The zero-order chi connectivity index (χ0) is 22.3. The maximum Gasteiger partial charge on any atom is 0.0583 e. The summed E-state index contributed by atoms with van der Waals surface area (Å²) >= 11 is 0. The summed E-state index contributed by atoms with van der Waals surface area (Å²) in [7, 11) is -3.76. The molecule has 0 nitrogen and oxygen atoms in total. The lowest BCUT2D eigenvalue weighted by Crippen LogP contribution is -2.89. The second-order valence-electron chi connectivity index (χ2n) is 15.3. The molecule has 0 unspecified atom stereocenters. The third-order valence-electron chi connectivity index (χ3n) is 8.16. The van der Waals surface area contributed by atoms with Crippen molar-refractivity contribution in [1.29, 1.82) is 0 Å². The van der Waals surface area contributed by atoms with E-state index >= 15 is 0 Å². The Labute approximate surface area is 176 Å². The molecular formula is C24H53Si3. The SMILES string of the molecule is CC(C)(C)[Si]([Si]1CC(C)(C)[Si]1(C(C)(C)C)C(C)(C)C)(C(C)(C)C)C(C)(C)C. The van der Waals surface area contributed by atoms with Gasteiger partial charge in [-0.3, -0.25) is 0 Å². The van der Waals surface area contributed by atoms with Crippen LogP contribution >= 0.6 is 0 Å². The van der Waals surface area contributed by atoms with Gasteiger partial charge in [0.25, 0.3) is 0 Å². The summed E-state index contributed by atoms with van der Waals surface area (Å²) in [4.78, 5) is 0. The Morgan fingerprint density at radius 2 is 0.852 bits per heavy atom. The van der Waals surface area contributed by atoms with Gasteiger partial charge in [-0.1, -0.05) is 124 Å². The van der Waals surface area contributed by atoms with Gasteiger partial charge in [0.1, 0.15) is 0 Å². The molecule has 1 rings (SSSR count). The molecule has 1 fully saturated rings. The van der Waals surface area contributed by atoms with Crippen molar-refractivity contribution in [2.75, 3.05) is 0 Å². The first-order chi connectivity index (χ1) is 11.3. The predicted molar refractivity (Wildman–Crippen MR) is 135 cm³/mol. The summed E-state index contributed by atoms with van der Waals surface area (Å²) in [6, 6.07) is 1.55. The van der Waals surface area contributed by atoms with Crippen LogP contribution in [0.15, 0.2) is 0 Å². The van der Waals surface area contributed by atoms with Crippen molar-refractivity contribution in [3.05, 3.63) is 0 Å². The molecule has 0 aromatic carbocycles. The van der Waals surface area contributed by atoms with Crippen molar-refractivity contribution in [2.24, 2.45) is 0 Å². The molecule has 3 heteroatoms. The van der Waals surface area contributed by atoms with Gasteiger partial charge in [0.2, 0.25) is 0 Å². The maximum absolute atomic E-state index is 2.66. The summed E-state index contributed by atoms with van der Waals surface area (Å²) < 4.78 is 0. The molecule has 27 heavy (non-hydrogen) atoms. The Bertz CT molecular complexity index is 485. The molecule has 1 saturated heterocycles. The maximum atomic E-state index is 2.66. The van der Waals surface area contributed by atoms with Crippen molar-refractivity contribution in [1.82, 2.24) is 0 Å².